The van der Waals surface area contributed by atoms with Crippen LogP contribution in [0, 0.1) is 5.41 Å². The molecule has 0 radical (unpaired) electrons. The highest BCUT2D eigenvalue weighted by molar-refractivity contribution is 5.97. The van der Waals surface area contributed by atoms with Gasteiger partial charge >= 0.3 is 0 Å². The first kappa shape index (κ1) is 11.3. The molecule has 86 valence electrons. The molecule has 0 aromatic heterocycles. The minimum Gasteiger partial charge on any atom is -0.299 e. The summed E-state index contributed by atoms with van der Waals surface area (Å²) in [6.07, 6.45) is 9.09. The summed E-state index contributed by atoms with van der Waals surface area (Å²) in [5.74, 6) is 0.540. The lowest BCUT2D eigenvalue weighted by Gasteiger charge is -2.40. The van der Waals surface area contributed by atoms with Crippen LogP contribution in [-0.4, -0.2) is 11.6 Å². The molecule has 0 unspecified atom stereocenters. The van der Waals surface area contributed by atoms with Crippen LogP contribution in [-0.2, 0) is 9.59 Å². The maximum atomic E-state index is 12.2. The topological polar surface area (TPSA) is 34.1 Å². The summed E-state index contributed by atoms with van der Waals surface area (Å²) in [7, 11) is 0. The van der Waals surface area contributed by atoms with Crippen molar-refractivity contribution >= 4 is 11.6 Å². The summed E-state index contributed by atoms with van der Waals surface area (Å²) in [5.41, 5.74) is 0.794. The molecule has 0 aliphatic heterocycles. The van der Waals surface area contributed by atoms with Crippen molar-refractivity contribution in [3.63, 3.8) is 0 Å². The Kier molecular flexibility index (Phi) is 3.08. The number of hydrogen-bond donors (Lipinski definition) is 0. The van der Waals surface area contributed by atoms with E-state index in [1.807, 2.05) is 6.08 Å². The van der Waals surface area contributed by atoms with Crippen molar-refractivity contribution in [3.8, 4) is 0 Å². The second-order valence-electron chi connectivity index (χ2n) is 4.82. The molecule has 2 heteroatoms. The number of hydrogen-bond acceptors (Lipinski definition) is 2. The molecule has 0 aromatic rings. The fraction of sp³-hybridized carbons (Fsp3) is 0.571. The monoisotopic (exact) mass is 218 g/mol. The minimum absolute atomic E-state index is 0.193. The van der Waals surface area contributed by atoms with Gasteiger partial charge in [-0.1, -0.05) is 11.6 Å². The Morgan fingerprint density at radius 1 is 1.31 bits per heavy atom. The van der Waals surface area contributed by atoms with E-state index in [4.69, 9.17) is 0 Å². The minimum atomic E-state index is -0.305. The highest BCUT2D eigenvalue weighted by Gasteiger charge is 2.44. The summed E-state index contributed by atoms with van der Waals surface area (Å²) in [4.78, 5) is 23.6. The quantitative estimate of drug-likeness (QED) is 0.682. The molecule has 0 aromatic carbocycles. The number of allylic oxidation sites excluding steroid dienone is 3. The van der Waals surface area contributed by atoms with E-state index < -0.39 is 0 Å². The summed E-state index contributed by atoms with van der Waals surface area (Å²) >= 11 is 0. The Hall–Kier alpha value is -1.18. The van der Waals surface area contributed by atoms with Gasteiger partial charge in [0, 0.05) is 12.8 Å². The van der Waals surface area contributed by atoms with Crippen molar-refractivity contribution in [3.05, 3.63) is 24.3 Å². The van der Waals surface area contributed by atoms with Gasteiger partial charge in [0.1, 0.15) is 5.78 Å². The van der Waals surface area contributed by atoms with Crippen LogP contribution in [0.5, 0.6) is 0 Å². The average molecular weight is 218 g/mol. The largest absolute Gasteiger partial charge is 0.299 e. The standard InChI is InChI=1S/C14H18O2/c1-2-3-8-14-9-7-12(15)10-11(14)5-4-6-13(14)16/h2,10H,1,3-9H2/t14-/m0/s1. The van der Waals surface area contributed by atoms with Gasteiger partial charge in [0.25, 0.3) is 0 Å². The third-order valence-electron chi connectivity index (χ3n) is 3.91. The number of carbonyl (C=O) groups is 2. The van der Waals surface area contributed by atoms with Gasteiger partial charge in [-0.15, -0.1) is 6.58 Å². The van der Waals surface area contributed by atoms with Gasteiger partial charge in [0.15, 0.2) is 5.78 Å². The second-order valence-corrected chi connectivity index (χ2v) is 4.82. The van der Waals surface area contributed by atoms with Crippen molar-refractivity contribution in [2.24, 2.45) is 5.41 Å². The smallest absolute Gasteiger partial charge is 0.155 e. The first-order valence-electron chi connectivity index (χ1n) is 6.07. The molecular formula is C14H18O2. The zero-order valence-corrected chi connectivity index (χ0v) is 9.63. The number of ketones is 2. The van der Waals surface area contributed by atoms with Gasteiger partial charge in [-0.25, -0.2) is 0 Å². The van der Waals surface area contributed by atoms with Crippen LogP contribution >= 0.6 is 0 Å². The Bertz CT molecular complexity index is 365. The van der Waals surface area contributed by atoms with E-state index in [1.165, 1.54) is 0 Å². The molecule has 2 rings (SSSR count). The fourth-order valence-electron chi connectivity index (χ4n) is 2.98. The third-order valence-corrected chi connectivity index (χ3v) is 3.91. The maximum Gasteiger partial charge on any atom is 0.155 e. The van der Waals surface area contributed by atoms with E-state index >= 15 is 0 Å². The van der Waals surface area contributed by atoms with Crippen molar-refractivity contribution in [1.29, 1.82) is 0 Å². The molecule has 1 fully saturated rings. The first-order valence-corrected chi connectivity index (χ1v) is 6.07. The number of Topliss-reactive ketones (excluding diaryl/α,β-unsaturated/α-hetero) is 1. The van der Waals surface area contributed by atoms with E-state index in [2.05, 4.69) is 6.58 Å². The van der Waals surface area contributed by atoms with Gasteiger partial charge in [0.05, 0.1) is 5.41 Å². The van der Waals surface area contributed by atoms with E-state index in [-0.39, 0.29) is 11.2 Å². The first-order chi connectivity index (χ1) is 7.69. The average Bonchev–Trinajstić information content (AvgIpc) is 2.28. The molecule has 0 N–H and O–H groups in total. The predicted octanol–water partition coefficient (Wildman–Crippen LogP) is 2.98. The van der Waals surface area contributed by atoms with Crippen molar-refractivity contribution in [2.45, 2.75) is 44.9 Å². The van der Waals surface area contributed by atoms with Gasteiger partial charge in [0.2, 0.25) is 0 Å². The molecule has 2 nitrogen and oxygen atoms in total. The highest BCUT2D eigenvalue weighted by Crippen LogP contribution is 2.47. The molecule has 0 heterocycles. The number of fused-ring (bicyclic) bond motifs is 1. The van der Waals surface area contributed by atoms with Gasteiger partial charge in [-0.05, 0) is 38.2 Å². The molecule has 2 aliphatic carbocycles. The fourth-order valence-corrected chi connectivity index (χ4v) is 2.98. The lowest BCUT2D eigenvalue weighted by Crippen LogP contribution is -2.39. The Labute approximate surface area is 96.4 Å². The van der Waals surface area contributed by atoms with Crippen LogP contribution in [0.3, 0.4) is 0 Å². The summed E-state index contributed by atoms with van der Waals surface area (Å²) in [5, 5.41) is 0. The predicted molar refractivity (Wildman–Crippen MR) is 63.0 cm³/mol. The van der Waals surface area contributed by atoms with Gasteiger partial charge in [-0.3, -0.25) is 9.59 Å². The Balaban J connectivity index is 2.33. The van der Waals surface area contributed by atoms with E-state index in [1.54, 1.807) is 6.08 Å². The normalized spacial score (nSPS) is 29.6. The molecule has 0 bridgehead atoms. The molecular weight excluding hydrogens is 200 g/mol. The highest BCUT2D eigenvalue weighted by atomic mass is 16.1. The van der Waals surface area contributed by atoms with Crippen molar-refractivity contribution in [1.82, 2.24) is 0 Å². The molecule has 0 amide bonds. The van der Waals surface area contributed by atoms with Gasteiger partial charge < -0.3 is 0 Å². The summed E-state index contributed by atoms with van der Waals surface area (Å²) < 4.78 is 0. The van der Waals surface area contributed by atoms with E-state index in [9.17, 15) is 9.59 Å². The maximum absolute atomic E-state index is 12.2. The Morgan fingerprint density at radius 2 is 2.12 bits per heavy atom. The molecule has 16 heavy (non-hydrogen) atoms. The van der Waals surface area contributed by atoms with Crippen LogP contribution in [0.15, 0.2) is 24.3 Å². The van der Waals surface area contributed by atoms with E-state index in [0.717, 1.165) is 37.7 Å². The van der Waals surface area contributed by atoms with Gasteiger partial charge in [-0.2, -0.15) is 0 Å². The lowest BCUT2D eigenvalue weighted by atomic mass is 9.62. The molecule has 1 atom stereocenters. The summed E-state index contributed by atoms with van der Waals surface area (Å²) in [6.45, 7) is 3.72. The zero-order valence-electron chi connectivity index (χ0n) is 9.63. The van der Waals surface area contributed by atoms with Crippen LogP contribution in [0.25, 0.3) is 0 Å². The number of rotatable bonds is 3. The van der Waals surface area contributed by atoms with Crippen LogP contribution in [0.4, 0.5) is 0 Å². The molecule has 1 saturated carbocycles. The van der Waals surface area contributed by atoms with E-state index in [0.29, 0.717) is 18.6 Å². The Morgan fingerprint density at radius 3 is 2.88 bits per heavy atom. The second kappa shape index (κ2) is 4.36. The summed E-state index contributed by atoms with van der Waals surface area (Å²) in [6, 6.07) is 0. The van der Waals surface area contributed by atoms with Crippen molar-refractivity contribution < 1.29 is 9.59 Å². The zero-order chi connectivity index (χ0) is 11.6. The molecule has 0 spiro atoms. The van der Waals surface area contributed by atoms with Crippen LogP contribution in [0.1, 0.15) is 44.9 Å². The van der Waals surface area contributed by atoms with Crippen LogP contribution in [0.2, 0.25) is 0 Å². The molecule has 0 saturated heterocycles. The van der Waals surface area contributed by atoms with Crippen LogP contribution < -0.4 is 0 Å². The SMILES string of the molecule is C=CCC[C@]12CCC(=O)C=C1CCCC2=O. The molecule has 2 aliphatic rings. The van der Waals surface area contributed by atoms with Crippen molar-refractivity contribution in [2.75, 3.05) is 0 Å². The third kappa shape index (κ3) is 1.77. The lowest BCUT2D eigenvalue weighted by molar-refractivity contribution is -0.130. The number of carbonyl (C=O) groups excluding carboxylic acids is 2.